The lowest BCUT2D eigenvalue weighted by molar-refractivity contribution is -0.125. The van der Waals surface area contributed by atoms with E-state index in [1.54, 1.807) is 30.2 Å². The molecule has 12 heteroatoms. The average Bonchev–Trinajstić information content (AvgIpc) is 3.04. The number of nitrogens with two attached hydrogens (primary N) is 1. The van der Waals surface area contributed by atoms with Gasteiger partial charge in [0, 0.05) is 76.6 Å². The van der Waals surface area contributed by atoms with Crippen LogP contribution in [0.3, 0.4) is 0 Å². The third-order valence-electron chi connectivity index (χ3n) is 10.2. The predicted octanol–water partition coefficient (Wildman–Crippen LogP) is 2.91. The number of rotatable bonds is 12. The summed E-state index contributed by atoms with van der Waals surface area (Å²) < 4.78 is 0. The highest BCUT2D eigenvalue weighted by molar-refractivity contribution is 6.02. The zero-order chi connectivity index (χ0) is 33.5. The molecule has 1 aromatic carbocycles. The van der Waals surface area contributed by atoms with Crippen molar-refractivity contribution in [3.05, 3.63) is 53.4 Å². The highest BCUT2D eigenvalue weighted by atomic mass is 16.2. The molecule has 0 bridgehead atoms. The molecule has 46 heavy (non-hydrogen) atoms. The van der Waals surface area contributed by atoms with Crippen LogP contribution in [-0.2, 0) is 9.59 Å². The number of nitrogens with one attached hydrogen (secondary N) is 2. The van der Waals surface area contributed by atoms with Gasteiger partial charge in [0.1, 0.15) is 12.1 Å². The summed E-state index contributed by atoms with van der Waals surface area (Å²) in [7, 11) is 1.67. The fourth-order valence-corrected chi connectivity index (χ4v) is 6.97. The smallest absolute Gasteiger partial charge is 0.254 e. The molecule has 3 aliphatic heterocycles. The molecule has 4 rings (SSSR count). The van der Waals surface area contributed by atoms with Crippen molar-refractivity contribution in [2.75, 3.05) is 57.8 Å². The maximum atomic E-state index is 13.4. The number of anilines is 1. The van der Waals surface area contributed by atoms with Gasteiger partial charge in [-0.3, -0.25) is 29.9 Å². The molecule has 1 unspecified atom stereocenters. The van der Waals surface area contributed by atoms with E-state index in [0.29, 0.717) is 41.5 Å². The van der Waals surface area contributed by atoms with Crippen LogP contribution < -0.4 is 16.0 Å². The molecule has 0 saturated carbocycles. The van der Waals surface area contributed by atoms with Gasteiger partial charge < -0.3 is 30.4 Å². The fourth-order valence-electron chi connectivity index (χ4n) is 6.97. The number of carbonyl (C=O) groups is 4. The molecule has 250 valence electrons. The van der Waals surface area contributed by atoms with E-state index < -0.39 is 5.91 Å². The number of aliphatic hydroxyl groups excluding tert-OH is 1. The molecule has 1 atom stereocenters. The molecule has 1 spiro atoms. The van der Waals surface area contributed by atoms with Gasteiger partial charge in [-0.25, -0.2) is 0 Å². The number of aliphatic hydroxyl groups is 1. The number of amides is 3. The molecule has 1 aromatic rings. The van der Waals surface area contributed by atoms with Gasteiger partial charge in [-0.1, -0.05) is 6.92 Å². The molecule has 5 N–H and O–H groups in total. The van der Waals surface area contributed by atoms with Gasteiger partial charge in [0.05, 0.1) is 11.3 Å². The van der Waals surface area contributed by atoms with E-state index >= 15 is 0 Å². The van der Waals surface area contributed by atoms with Gasteiger partial charge in [0.25, 0.3) is 5.91 Å². The van der Waals surface area contributed by atoms with E-state index in [1.165, 1.54) is 0 Å². The number of benzene rings is 1. The Morgan fingerprint density at radius 3 is 2.39 bits per heavy atom. The van der Waals surface area contributed by atoms with Gasteiger partial charge >= 0.3 is 0 Å². The number of allylic oxidation sites excluding steroid dienone is 1. The number of nitrogens with zero attached hydrogens (tertiary/aromatic N) is 4. The van der Waals surface area contributed by atoms with Gasteiger partial charge in [-0.2, -0.15) is 0 Å². The van der Waals surface area contributed by atoms with E-state index in [0.717, 1.165) is 83.4 Å². The summed E-state index contributed by atoms with van der Waals surface area (Å²) in [6.45, 7) is 10.9. The topological polar surface area (TPSA) is 163 Å². The Morgan fingerprint density at radius 1 is 1.11 bits per heavy atom. The van der Waals surface area contributed by atoms with Crippen molar-refractivity contribution >= 4 is 36.0 Å². The third-order valence-corrected chi connectivity index (χ3v) is 10.2. The largest absolute Gasteiger partial charge is 0.513 e. The van der Waals surface area contributed by atoms with Gasteiger partial charge in [0.2, 0.25) is 12.3 Å². The normalized spacial score (nSPS) is 20.2. The van der Waals surface area contributed by atoms with Crippen molar-refractivity contribution in [2.24, 2.45) is 16.6 Å². The molecular formula is C34H49N7O5. The first kappa shape index (κ1) is 34.7. The van der Waals surface area contributed by atoms with Crippen LogP contribution in [0.1, 0.15) is 73.1 Å². The Bertz CT molecular complexity index is 1350. The first-order valence-corrected chi connectivity index (χ1v) is 16.1. The van der Waals surface area contributed by atoms with Crippen molar-refractivity contribution in [1.82, 2.24) is 20.0 Å². The lowest BCUT2D eigenvalue weighted by Gasteiger charge is -2.56. The molecule has 0 aliphatic carbocycles. The molecular weight excluding hydrogens is 586 g/mol. The molecule has 12 nitrogen and oxygen atoms in total. The summed E-state index contributed by atoms with van der Waals surface area (Å²) in [5.41, 5.74) is 7.97. The van der Waals surface area contributed by atoms with Crippen molar-refractivity contribution in [2.45, 2.75) is 58.4 Å². The van der Waals surface area contributed by atoms with E-state index in [2.05, 4.69) is 26.9 Å². The lowest BCUT2D eigenvalue weighted by atomic mass is 9.70. The summed E-state index contributed by atoms with van der Waals surface area (Å²) in [4.78, 5) is 55.9. The van der Waals surface area contributed by atoms with Crippen LogP contribution in [0.15, 0.2) is 42.3 Å². The van der Waals surface area contributed by atoms with Crippen LogP contribution in [0.5, 0.6) is 0 Å². The highest BCUT2D eigenvalue weighted by Crippen LogP contribution is 2.44. The summed E-state index contributed by atoms with van der Waals surface area (Å²) in [6, 6.07) is 5.19. The molecule has 3 aliphatic rings. The van der Waals surface area contributed by atoms with E-state index in [4.69, 9.17) is 16.2 Å². The molecule has 3 saturated heterocycles. The third kappa shape index (κ3) is 8.34. The lowest BCUT2D eigenvalue weighted by Crippen LogP contribution is -2.62. The number of hydrogen-bond acceptors (Lipinski definition) is 9. The summed E-state index contributed by atoms with van der Waals surface area (Å²) >= 11 is 0. The molecule has 0 radical (unpaired) electrons. The maximum absolute atomic E-state index is 13.4. The zero-order valence-electron chi connectivity index (χ0n) is 27.3. The average molecular weight is 636 g/mol. The number of aldehydes is 1. The second-order valence-electron chi connectivity index (χ2n) is 13.7. The van der Waals surface area contributed by atoms with E-state index in [1.807, 2.05) is 19.1 Å². The number of amidine groups is 1. The zero-order valence-corrected chi connectivity index (χ0v) is 27.3. The van der Waals surface area contributed by atoms with Gasteiger partial charge in [0.15, 0.2) is 6.29 Å². The van der Waals surface area contributed by atoms with Crippen LogP contribution in [0.4, 0.5) is 5.69 Å². The van der Waals surface area contributed by atoms with Gasteiger partial charge in [-0.15, -0.1) is 0 Å². The fraction of sp³-hybridized carbons (Fsp3) is 0.559. The Hall–Kier alpha value is -4.19. The Kier molecular flexibility index (Phi) is 11.3. The molecule has 0 aromatic heterocycles. The van der Waals surface area contributed by atoms with Crippen LogP contribution in [0.25, 0.3) is 0 Å². The van der Waals surface area contributed by atoms with Crippen LogP contribution >= 0.6 is 0 Å². The first-order valence-electron chi connectivity index (χ1n) is 16.1. The summed E-state index contributed by atoms with van der Waals surface area (Å²) in [6.07, 6.45) is 9.77. The minimum atomic E-state index is -0.392. The maximum Gasteiger partial charge on any atom is 0.254 e. The Morgan fingerprint density at radius 2 is 1.78 bits per heavy atom. The number of carbonyl (C=O) groups excluding carboxylic acids is 4. The number of imide groups is 1. The minimum Gasteiger partial charge on any atom is -0.513 e. The van der Waals surface area contributed by atoms with Crippen molar-refractivity contribution in [1.29, 1.82) is 5.41 Å². The van der Waals surface area contributed by atoms with Crippen molar-refractivity contribution in [3.8, 4) is 0 Å². The van der Waals surface area contributed by atoms with E-state index in [9.17, 15) is 19.2 Å². The van der Waals surface area contributed by atoms with Gasteiger partial charge in [-0.05, 0) is 80.2 Å². The highest BCUT2D eigenvalue weighted by Gasteiger charge is 2.47. The van der Waals surface area contributed by atoms with Crippen LogP contribution in [-0.4, -0.2) is 109 Å². The molecule has 3 fully saturated rings. The quantitative estimate of drug-likeness (QED) is 0.0889. The Balaban J connectivity index is 1.27. The minimum absolute atomic E-state index is 0.119. The number of likely N-dealkylation sites (tertiary alicyclic amines) is 2. The molecule has 3 amide bonds. The number of piperidine rings is 2. The molecule has 3 heterocycles. The standard InChI is InChI=1S/C34H49N7O5/c1-25(4-9-31(45)37-24-44)38(3)32(46)29-18-28(7-5-26(29)19-42)40-16-12-34(13-17-40)22-39(23-34)21-33(2)10-14-41(15-11-33)30(36)8-6-27(35)20-43/h5-8,18-20,24-25,36,43H,4,9-17,21-23,35H2,1-3H3,(H,37,44,45). The van der Waals surface area contributed by atoms with Crippen molar-refractivity contribution in [3.63, 3.8) is 0 Å². The van der Waals surface area contributed by atoms with Crippen LogP contribution in [0.2, 0.25) is 0 Å². The second kappa shape index (κ2) is 14.9. The SMILES string of the molecule is CC(CCC(=O)NC=O)N(C)C(=O)c1cc(N2CCC3(CC2)CN(CC2(C)CCN(C(=N)C=CC(N)=CO)CC2)C3)ccc1C=O. The van der Waals surface area contributed by atoms with Crippen LogP contribution in [0, 0.1) is 16.2 Å². The van der Waals surface area contributed by atoms with Crippen molar-refractivity contribution < 1.29 is 24.3 Å². The predicted molar refractivity (Wildman–Crippen MR) is 178 cm³/mol. The monoisotopic (exact) mass is 635 g/mol. The van der Waals surface area contributed by atoms with E-state index in [-0.39, 0.29) is 29.5 Å². The Labute approximate surface area is 271 Å². The number of hydrogen-bond donors (Lipinski definition) is 4. The summed E-state index contributed by atoms with van der Waals surface area (Å²) in [5.74, 6) is -0.248. The summed E-state index contributed by atoms with van der Waals surface area (Å²) in [5, 5.41) is 19.4. The second-order valence-corrected chi connectivity index (χ2v) is 13.7. The first-order chi connectivity index (χ1) is 21.9.